The third kappa shape index (κ3) is 2.71. The van der Waals surface area contributed by atoms with Gasteiger partial charge in [-0.25, -0.2) is 4.98 Å². The summed E-state index contributed by atoms with van der Waals surface area (Å²) in [6, 6.07) is 5.56. The van der Waals surface area contributed by atoms with Crippen LogP contribution in [0.2, 0.25) is 0 Å². The molecule has 1 fully saturated rings. The molecule has 2 atom stereocenters. The van der Waals surface area contributed by atoms with Gasteiger partial charge in [-0.05, 0) is 18.6 Å². The number of aromatic amines is 1. The van der Waals surface area contributed by atoms with Crippen LogP contribution in [-0.2, 0) is 11.2 Å². The second-order valence-corrected chi connectivity index (χ2v) is 5.35. The molecule has 2 aromatic heterocycles. The predicted octanol–water partition coefficient (Wildman–Crippen LogP) is 1.02. The third-order valence-corrected chi connectivity index (χ3v) is 4.06. The van der Waals surface area contributed by atoms with E-state index in [1.54, 1.807) is 24.3 Å². The van der Waals surface area contributed by atoms with Crippen molar-refractivity contribution in [1.82, 2.24) is 25.3 Å². The Kier molecular flexibility index (Phi) is 4.15. The van der Waals surface area contributed by atoms with Gasteiger partial charge in [0.1, 0.15) is 5.69 Å². The highest BCUT2D eigenvalue weighted by Crippen LogP contribution is 2.28. The van der Waals surface area contributed by atoms with E-state index < -0.39 is 0 Å². The van der Waals surface area contributed by atoms with Gasteiger partial charge < -0.3 is 9.64 Å². The average Bonchev–Trinajstić information content (AvgIpc) is 3.22. The quantitative estimate of drug-likeness (QED) is 0.911. The minimum atomic E-state index is -0.0802. The van der Waals surface area contributed by atoms with Gasteiger partial charge in [0, 0.05) is 25.9 Å². The number of hydrogen-bond donors (Lipinski definition) is 1. The number of aryl methyl sites for hydroxylation is 1. The van der Waals surface area contributed by atoms with E-state index in [-0.39, 0.29) is 17.9 Å². The zero-order valence-corrected chi connectivity index (χ0v) is 12.7. The van der Waals surface area contributed by atoms with Crippen molar-refractivity contribution in [2.75, 3.05) is 20.2 Å². The Morgan fingerprint density at radius 3 is 3.00 bits per heavy atom. The van der Waals surface area contributed by atoms with Crippen molar-refractivity contribution < 1.29 is 9.53 Å². The first-order valence-corrected chi connectivity index (χ1v) is 7.36. The summed E-state index contributed by atoms with van der Waals surface area (Å²) in [4.78, 5) is 18.8. The monoisotopic (exact) mass is 301 g/mol. The van der Waals surface area contributed by atoms with Gasteiger partial charge in [-0.1, -0.05) is 13.0 Å². The Labute approximate surface area is 128 Å². The molecule has 22 heavy (non-hydrogen) atoms. The molecule has 0 aromatic carbocycles. The molecule has 3 heterocycles. The predicted molar refractivity (Wildman–Crippen MR) is 79.4 cm³/mol. The Morgan fingerprint density at radius 1 is 1.45 bits per heavy atom. The first-order chi connectivity index (χ1) is 10.7. The summed E-state index contributed by atoms with van der Waals surface area (Å²) in [5.74, 6) is -0.0367. The van der Waals surface area contributed by atoms with Crippen LogP contribution < -0.4 is 0 Å². The van der Waals surface area contributed by atoms with E-state index in [0.717, 1.165) is 17.8 Å². The SMILES string of the molecule is CCc1cccc(C(=O)N2C[C@@H](OC)[C@H](c3cn[nH]n3)C2)n1. The number of H-pyrrole nitrogens is 1. The van der Waals surface area contributed by atoms with E-state index in [2.05, 4.69) is 20.4 Å². The topological polar surface area (TPSA) is 84.0 Å². The summed E-state index contributed by atoms with van der Waals surface area (Å²) in [6.07, 6.45) is 2.41. The average molecular weight is 301 g/mol. The van der Waals surface area contributed by atoms with E-state index in [9.17, 15) is 4.79 Å². The maximum atomic E-state index is 12.7. The van der Waals surface area contributed by atoms with Crippen molar-refractivity contribution in [2.45, 2.75) is 25.4 Å². The lowest BCUT2D eigenvalue weighted by molar-refractivity contribution is 0.0709. The second-order valence-electron chi connectivity index (χ2n) is 5.35. The summed E-state index contributed by atoms with van der Waals surface area (Å²) in [7, 11) is 1.65. The van der Waals surface area contributed by atoms with Gasteiger partial charge in [0.25, 0.3) is 5.91 Å². The van der Waals surface area contributed by atoms with Crippen LogP contribution in [0, 0.1) is 0 Å². The molecular weight excluding hydrogens is 282 g/mol. The van der Waals surface area contributed by atoms with Gasteiger partial charge >= 0.3 is 0 Å². The van der Waals surface area contributed by atoms with Gasteiger partial charge in [-0.2, -0.15) is 15.4 Å². The number of carbonyl (C=O) groups is 1. The molecule has 116 valence electrons. The van der Waals surface area contributed by atoms with Crippen LogP contribution in [0.4, 0.5) is 0 Å². The Hall–Kier alpha value is -2.28. The van der Waals surface area contributed by atoms with Gasteiger partial charge in [-0.3, -0.25) is 4.79 Å². The normalized spacial score (nSPS) is 21.3. The number of ether oxygens (including phenoxy) is 1. The lowest BCUT2D eigenvalue weighted by Gasteiger charge is -2.15. The van der Waals surface area contributed by atoms with Crippen LogP contribution >= 0.6 is 0 Å². The molecule has 0 saturated carbocycles. The summed E-state index contributed by atoms with van der Waals surface area (Å²) >= 11 is 0. The summed E-state index contributed by atoms with van der Waals surface area (Å²) < 4.78 is 5.51. The molecule has 1 saturated heterocycles. The molecular formula is C15H19N5O2. The highest BCUT2D eigenvalue weighted by atomic mass is 16.5. The van der Waals surface area contributed by atoms with E-state index in [4.69, 9.17) is 4.74 Å². The highest BCUT2D eigenvalue weighted by molar-refractivity contribution is 5.92. The molecule has 0 radical (unpaired) electrons. The van der Waals surface area contributed by atoms with Crippen LogP contribution in [0.1, 0.15) is 34.7 Å². The number of likely N-dealkylation sites (tertiary alicyclic amines) is 1. The van der Waals surface area contributed by atoms with Crippen molar-refractivity contribution in [2.24, 2.45) is 0 Å². The molecule has 1 aliphatic heterocycles. The van der Waals surface area contributed by atoms with E-state index in [1.165, 1.54) is 0 Å². The van der Waals surface area contributed by atoms with Crippen molar-refractivity contribution in [3.63, 3.8) is 0 Å². The minimum absolute atomic E-state index is 0.0297. The molecule has 1 aliphatic rings. The fourth-order valence-corrected chi connectivity index (χ4v) is 2.81. The molecule has 0 spiro atoms. The number of hydrogen-bond acceptors (Lipinski definition) is 5. The van der Waals surface area contributed by atoms with E-state index >= 15 is 0 Å². The molecule has 1 amide bonds. The number of aromatic nitrogens is 4. The van der Waals surface area contributed by atoms with Crippen molar-refractivity contribution in [1.29, 1.82) is 0 Å². The third-order valence-electron chi connectivity index (χ3n) is 4.06. The van der Waals surface area contributed by atoms with Crippen molar-refractivity contribution >= 4 is 5.91 Å². The Balaban J connectivity index is 1.79. The lowest BCUT2D eigenvalue weighted by atomic mass is 10.0. The van der Waals surface area contributed by atoms with Crippen LogP contribution in [0.15, 0.2) is 24.4 Å². The van der Waals surface area contributed by atoms with Crippen LogP contribution in [0.3, 0.4) is 0 Å². The molecule has 1 N–H and O–H groups in total. The van der Waals surface area contributed by atoms with Gasteiger partial charge in [-0.15, -0.1) is 0 Å². The van der Waals surface area contributed by atoms with Gasteiger partial charge in [0.15, 0.2) is 0 Å². The minimum Gasteiger partial charge on any atom is -0.379 e. The van der Waals surface area contributed by atoms with Crippen LogP contribution in [0.5, 0.6) is 0 Å². The number of methoxy groups -OCH3 is 1. The highest BCUT2D eigenvalue weighted by Gasteiger charge is 2.38. The van der Waals surface area contributed by atoms with Crippen LogP contribution in [-0.4, -0.2) is 57.5 Å². The maximum Gasteiger partial charge on any atom is 0.272 e. The largest absolute Gasteiger partial charge is 0.379 e. The van der Waals surface area contributed by atoms with Crippen molar-refractivity contribution in [3.8, 4) is 0 Å². The van der Waals surface area contributed by atoms with Gasteiger partial charge in [0.05, 0.1) is 23.9 Å². The molecule has 0 aliphatic carbocycles. The first kappa shape index (κ1) is 14.6. The van der Waals surface area contributed by atoms with Crippen LogP contribution in [0.25, 0.3) is 0 Å². The first-order valence-electron chi connectivity index (χ1n) is 7.36. The number of amides is 1. The van der Waals surface area contributed by atoms with Crippen molar-refractivity contribution in [3.05, 3.63) is 41.5 Å². The summed E-state index contributed by atoms with van der Waals surface area (Å²) in [5.41, 5.74) is 2.22. The molecule has 3 rings (SSSR count). The number of rotatable bonds is 4. The fourth-order valence-electron chi connectivity index (χ4n) is 2.81. The Morgan fingerprint density at radius 2 is 2.32 bits per heavy atom. The second kappa shape index (κ2) is 6.23. The molecule has 7 nitrogen and oxygen atoms in total. The molecule has 7 heteroatoms. The standard InChI is InChI=1S/C15H19N5O2/c1-3-10-5-4-6-12(17-10)15(21)20-8-11(14(9-20)22-2)13-7-16-19-18-13/h4-7,11,14H,3,8-9H2,1-2H3,(H,16,18,19)/t11-,14+/m0/s1. The summed E-state index contributed by atoms with van der Waals surface area (Å²) in [6.45, 7) is 3.11. The molecule has 2 aromatic rings. The maximum absolute atomic E-state index is 12.7. The number of nitrogens with one attached hydrogen (secondary N) is 1. The van der Waals surface area contributed by atoms with E-state index in [1.807, 2.05) is 19.1 Å². The number of pyridine rings is 1. The zero-order chi connectivity index (χ0) is 15.5. The zero-order valence-electron chi connectivity index (χ0n) is 12.7. The number of nitrogens with zero attached hydrogens (tertiary/aromatic N) is 4. The summed E-state index contributed by atoms with van der Waals surface area (Å²) in [5, 5.41) is 10.6. The van der Waals surface area contributed by atoms with Gasteiger partial charge in [0.2, 0.25) is 0 Å². The Bertz CT molecular complexity index is 643. The smallest absolute Gasteiger partial charge is 0.272 e. The number of carbonyl (C=O) groups excluding carboxylic acids is 1. The molecule has 0 unspecified atom stereocenters. The molecule has 0 bridgehead atoms. The van der Waals surface area contributed by atoms with E-state index in [0.29, 0.717) is 18.8 Å². The lowest BCUT2D eigenvalue weighted by Crippen LogP contribution is -2.30. The fraction of sp³-hybridized carbons (Fsp3) is 0.467.